The summed E-state index contributed by atoms with van der Waals surface area (Å²) >= 11 is 3.40. The van der Waals surface area contributed by atoms with E-state index in [4.69, 9.17) is 0 Å². The lowest BCUT2D eigenvalue weighted by Crippen LogP contribution is -2.02. The van der Waals surface area contributed by atoms with Gasteiger partial charge in [-0.1, -0.05) is 46.3 Å². The number of carbonyl (C=O) groups excluding carboxylic acids is 1. The summed E-state index contributed by atoms with van der Waals surface area (Å²) < 4.78 is 0.949. The highest BCUT2D eigenvalue weighted by Crippen LogP contribution is 2.17. The molecule has 2 rings (SSSR count). The van der Waals surface area contributed by atoms with Crippen LogP contribution in [-0.4, -0.2) is 5.78 Å². The Morgan fingerprint density at radius 2 is 1.84 bits per heavy atom. The lowest BCUT2D eigenvalue weighted by atomic mass is 9.97. The van der Waals surface area contributed by atoms with Crippen molar-refractivity contribution >= 4 is 21.7 Å². The van der Waals surface area contributed by atoms with Crippen LogP contribution >= 0.6 is 15.9 Å². The van der Waals surface area contributed by atoms with Gasteiger partial charge < -0.3 is 0 Å². The molecule has 0 radical (unpaired) electrons. The second-order valence-corrected chi connectivity index (χ2v) is 5.71. The molecule has 2 aromatic carbocycles. The van der Waals surface area contributed by atoms with E-state index in [1.807, 2.05) is 24.3 Å². The first-order chi connectivity index (χ1) is 9.08. The highest BCUT2D eigenvalue weighted by molar-refractivity contribution is 9.10. The smallest absolute Gasteiger partial charge is 0.163 e. The van der Waals surface area contributed by atoms with Gasteiger partial charge in [0.1, 0.15) is 0 Å². The lowest BCUT2D eigenvalue weighted by molar-refractivity contribution is 0.0982. The van der Waals surface area contributed by atoms with Gasteiger partial charge >= 0.3 is 0 Å². The van der Waals surface area contributed by atoms with E-state index in [0.717, 1.165) is 16.5 Å². The van der Waals surface area contributed by atoms with E-state index in [9.17, 15) is 4.79 Å². The summed E-state index contributed by atoms with van der Waals surface area (Å²) in [5.74, 6) is 0.196. The van der Waals surface area contributed by atoms with Crippen molar-refractivity contribution in [3.8, 4) is 0 Å². The Balaban J connectivity index is 2.07. The molecule has 0 aliphatic rings. The molecule has 0 unspecified atom stereocenters. The second kappa shape index (κ2) is 6.16. The summed E-state index contributed by atoms with van der Waals surface area (Å²) in [6.07, 6.45) is 1.36. The fourth-order valence-corrected chi connectivity index (χ4v) is 2.54. The van der Waals surface area contributed by atoms with Crippen LogP contribution in [0.3, 0.4) is 0 Å². The number of halogens is 1. The highest BCUT2D eigenvalue weighted by atomic mass is 79.9. The molecule has 0 saturated carbocycles. The predicted molar refractivity (Wildman–Crippen MR) is 82.7 cm³/mol. The average Bonchev–Trinajstić information content (AvgIpc) is 2.40. The minimum Gasteiger partial charge on any atom is -0.294 e. The molecule has 0 heterocycles. The van der Waals surface area contributed by atoms with Gasteiger partial charge in [-0.3, -0.25) is 4.79 Å². The maximum atomic E-state index is 12.1. The number of benzene rings is 2. The van der Waals surface area contributed by atoms with Gasteiger partial charge in [0.15, 0.2) is 5.78 Å². The minimum atomic E-state index is 0.196. The van der Waals surface area contributed by atoms with Gasteiger partial charge in [0, 0.05) is 16.5 Å². The molecule has 98 valence electrons. The number of Topliss-reactive ketones (excluding diaryl/α,β-unsaturated/α-hetero) is 1. The molecule has 0 N–H and O–H groups in total. The summed E-state index contributed by atoms with van der Waals surface area (Å²) in [4.78, 5) is 12.1. The molecular weight excluding hydrogens is 300 g/mol. The third-order valence-corrected chi connectivity index (χ3v) is 3.98. The van der Waals surface area contributed by atoms with Crippen molar-refractivity contribution in [2.45, 2.75) is 26.7 Å². The van der Waals surface area contributed by atoms with Crippen molar-refractivity contribution in [2.24, 2.45) is 0 Å². The normalized spacial score (nSPS) is 10.5. The van der Waals surface area contributed by atoms with E-state index >= 15 is 0 Å². The van der Waals surface area contributed by atoms with Crippen LogP contribution in [0.25, 0.3) is 0 Å². The first-order valence-corrected chi connectivity index (χ1v) is 7.21. The van der Waals surface area contributed by atoms with E-state index in [0.29, 0.717) is 6.42 Å². The standard InChI is InChI=1S/C17H17BrO/c1-12-5-3-6-14(13(12)2)9-10-17(19)15-7-4-8-16(18)11-15/h3-8,11H,9-10H2,1-2H3. The summed E-state index contributed by atoms with van der Waals surface area (Å²) in [7, 11) is 0. The quantitative estimate of drug-likeness (QED) is 0.734. The summed E-state index contributed by atoms with van der Waals surface area (Å²) in [6, 6.07) is 13.9. The summed E-state index contributed by atoms with van der Waals surface area (Å²) in [5.41, 5.74) is 4.62. The van der Waals surface area contributed by atoms with Crippen LogP contribution < -0.4 is 0 Å². The van der Waals surface area contributed by atoms with Crippen LogP contribution in [-0.2, 0) is 6.42 Å². The molecule has 2 aromatic rings. The zero-order chi connectivity index (χ0) is 13.8. The number of hydrogen-bond acceptors (Lipinski definition) is 1. The summed E-state index contributed by atoms with van der Waals surface area (Å²) in [6.45, 7) is 4.23. The van der Waals surface area contributed by atoms with E-state index in [2.05, 4.69) is 48.0 Å². The summed E-state index contributed by atoms with van der Waals surface area (Å²) in [5, 5.41) is 0. The van der Waals surface area contributed by atoms with Gasteiger partial charge in [-0.2, -0.15) is 0 Å². The fraction of sp³-hybridized carbons (Fsp3) is 0.235. The fourth-order valence-electron chi connectivity index (χ4n) is 2.14. The van der Waals surface area contributed by atoms with E-state index in [-0.39, 0.29) is 5.78 Å². The molecule has 0 aliphatic heterocycles. The van der Waals surface area contributed by atoms with E-state index in [1.165, 1.54) is 16.7 Å². The third-order valence-electron chi connectivity index (χ3n) is 3.48. The van der Waals surface area contributed by atoms with Crippen LogP contribution in [0.15, 0.2) is 46.9 Å². The lowest BCUT2D eigenvalue weighted by Gasteiger charge is -2.08. The molecule has 0 saturated heterocycles. The van der Waals surface area contributed by atoms with Crippen molar-refractivity contribution in [2.75, 3.05) is 0 Å². The minimum absolute atomic E-state index is 0.196. The van der Waals surface area contributed by atoms with Crippen molar-refractivity contribution < 1.29 is 4.79 Å². The molecule has 0 aliphatic carbocycles. The zero-order valence-corrected chi connectivity index (χ0v) is 12.8. The Morgan fingerprint density at radius 3 is 2.58 bits per heavy atom. The Kier molecular flexibility index (Phi) is 4.54. The molecule has 0 spiro atoms. The number of aryl methyl sites for hydroxylation is 2. The maximum Gasteiger partial charge on any atom is 0.163 e. The molecule has 0 atom stereocenters. The maximum absolute atomic E-state index is 12.1. The van der Waals surface area contributed by atoms with Gasteiger partial charge in [0.25, 0.3) is 0 Å². The van der Waals surface area contributed by atoms with Gasteiger partial charge in [-0.15, -0.1) is 0 Å². The second-order valence-electron chi connectivity index (χ2n) is 4.79. The van der Waals surface area contributed by atoms with Crippen LogP contribution in [0.5, 0.6) is 0 Å². The molecule has 2 heteroatoms. The zero-order valence-electron chi connectivity index (χ0n) is 11.2. The van der Waals surface area contributed by atoms with Crippen LogP contribution in [0.4, 0.5) is 0 Å². The molecule has 0 bridgehead atoms. The number of carbonyl (C=O) groups is 1. The molecule has 0 fully saturated rings. The molecule has 0 aromatic heterocycles. The molecule has 0 amide bonds. The predicted octanol–water partition coefficient (Wildman–Crippen LogP) is 4.88. The topological polar surface area (TPSA) is 17.1 Å². The monoisotopic (exact) mass is 316 g/mol. The van der Waals surface area contributed by atoms with Crippen LogP contribution in [0.1, 0.15) is 33.5 Å². The van der Waals surface area contributed by atoms with Crippen molar-refractivity contribution in [1.29, 1.82) is 0 Å². The average molecular weight is 317 g/mol. The number of hydrogen-bond donors (Lipinski definition) is 0. The first-order valence-electron chi connectivity index (χ1n) is 6.42. The van der Waals surface area contributed by atoms with Gasteiger partial charge in [0.05, 0.1) is 0 Å². The highest BCUT2D eigenvalue weighted by Gasteiger charge is 2.08. The van der Waals surface area contributed by atoms with Crippen molar-refractivity contribution in [3.05, 3.63) is 69.2 Å². The SMILES string of the molecule is Cc1cccc(CCC(=O)c2cccc(Br)c2)c1C. The Bertz CT molecular complexity index is 602. The third kappa shape index (κ3) is 3.54. The Morgan fingerprint density at radius 1 is 1.11 bits per heavy atom. The van der Waals surface area contributed by atoms with E-state index in [1.54, 1.807) is 0 Å². The van der Waals surface area contributed by atoms with Gasteiger partial charge in [-0.25, -0.2) is 0 Å². The molecular formula is C17H17BrO. The first kappa shape index (κ1) is 14.0. The molecule has 1 nitrogen and oxygen atoms in total. The van der Waals surface area contributed by atoms with Gasteiger partial charge in [-0.05, 0) is 49.1 Å². The number of ketones is 1. The Hall–Kier alpha value is -1.41. The Labute approximate surface area is 122 Å². The van der Waals surface area contributed by atoms with Crippen LogP contribution in [0.2, 0.25) is 0 Å². The molecule has 19 heavy (non-hydrogen) atoms. The van der Waals surface area contributed by atoms with Crippen LogP contribution in [0, 0.1) is 13.8 Å². The largest absolute Gasteiger partial charge is 0.294 e. The van der Waals surface area contributed by atoms with E-state index < -0.39 is 0 Å². The van der Waals surface area contributed by atoms with Crippen molar-refractivity contribution in [3.63, 3.8) is 0 Å². The van der Waals surface area contributed by atoms with Crippen molar-refractivity contribution in [1.82, 2.24) is 0 Å². The van der Waals surface area contributed by atoms with Gasteiger partial charge in [0.2, 0.25) is 0 Å². The number of rotatable bonds is 4.